The van der Waals surface area contributed by atoms with Gasteiger partial charge in [0.05, 0.1) is 33.5 Å². The number of rotatable bonds is 6. The Bertz CT molecular complexity index is 1190. The van der Waals surface area contributed by atoms with Crippen molar-refractivity contribution in [2.45, 2.75) is 25.9 Å². The normalized spacial score (nSPS) is 12.1. The molecule has 3 aromatic carbocycles. The van der Waals surface area contributed by atoms with Gasteiger partial charge in [0.1, 0.15) is 5.82 Å². The zero-order valence-electron chi connectivity index (χ0n) is 16.5. The van der Waals surface area contributed by atoms with Crippen LogP contribution in [-0.4, -0.2) is 15.5 Å². The summed E-state index contributed by atoms with van der Waals surface area (Å²) in [6, 6.07) is 23.0. The highest BCUT2D eigenvalue weighted by Crippen LogP contribution is 2.26. The average Bonchev–Trinajstić information content (AvgIpc) is 3.10. The summed E-state index contributed by atoms with van der Waals surface area (Å²) in [5.41, 5.74) is 3.88. The first-order chi connectivity index (χ1) is 14.5. The summed E-state index contributed by atoms with van der Waals surface area (Å²) in [6.07, 6.45) is 0.332. The lowest BCUT2D eigenvalue weighted by Crippen LogP contribution is -2.30. The van der Waals surface area contributed by atoms with E-state index in [2.05, 4.69) is 9.88 Å². The zero-order chi connectivity index (χ0) is 21.1. The van der Waals surface area contributed by atoms with E-state index in [0.717, 1.165) is 28.0 Å². The molecule has 0 bridgehead atoms. The Morgan fingerprint density at radius 1 is 0.967 bits per heavy atom. The monoisotopic (exact) mass is 437 g/mol. The summed E-state index contributed by atoms with van der Waals surface area (Å²) in [4.78, 5) is 17.4. The molecule has 0 aliphatic carbocycles. The molecule has 1 N–H and O–H groups in total. The fraction of sp³-hybridized carbons (Fsp3) is 0.167. The quantitative estimate of drug-likeness (QED) is 0.413. The van der Waals surface area contributed by atoms with Crippen molar-refractivity contribution >= 4 is 40.1 Å². The molecule has 4 aromatic rings. The van der Waals surface area contributed by atoms with Crippen LogP contribution in [0.4, 0.5) is 0 Å². The SMILES string of the molecule is CC(NC(=O)Cc1ccccc1)c1nc2ccccc2n1Cc1ccc(Cl)c(Cl)c1. The van der Waals surface area contributed by atoms with Gasteiger partial charge in [-0.3, -0.25) is 4.79 Å². The van der Waals surface area contributed by atoms with Crippen LogP contribution in [-0.2, 0) is 17.8 Å². The number of hydrogen-bond donors (Lipinski definition) is 1. The molecule has 30 heavy (non-hydrogen) atoms. The number of aromatic nitrogens is 2. The number of nitrogens with zero attached hydrogens (tertiary/aromatic N) is 2. The largest absolute Gasteiger partial charge is 0.346 e. The minimum atomic E-state index is -0.253. The molecule has 6 heteroatoms. The number of carbonyl (C=O) groups excluding carboxylic acids is 1. The maximum Gasteiger partial charge on any atom is 0.224 e. The molecule has 4 rings (SSSR count). The molecule has 0 saturated carbocycles. The lowest BCUT2D eigenvalue weighted by molar-refractivity contribution is -0.121. The standard InChI is InChI=1S/C24H21Cl2N3O/c1-16(27-23(30)14-17-7-3-2-4-8-17)24-28-21-9-5-6-10-22(21)29(24)15-18-11-12-19(25)20(26)13-18/h2-13,16H,14-15H2,1H3,(H,27,30). The van der Waals surface area contributed by atoms with E-state index in [-0.39, 0.29) is 11.9 Å². The minimum Gasteiger partial charge on any atom is -0.346 e. The smallest absolute Gasteiger partial charge is 0.224 e. The van der Waals surface area contributed by atoms with Gasteiger partial charge in [0.25, 0.3) is 0 Å². The molecule has 1 unspecified atom stereocenters. The number of nitrogens with one attached hydrogen (secondary N) is 1. The lowest BCUT2D eigenvalue weighted by Gasteiger charge is -2.17. The predicted molar refractivity (Wildman–Crippen MR) is 122 cm³/mol. The van der Waals surface area contributed by atoms with E-state index in [9.17, 15) is 4.79 Å². The van der Waals surface area contributed by atoms with Gasteiger partial charge >= 0.3 is 0 Å². The number of benzene rings is 3. The zero-order valence-corrected chi connectivity index (χ0v) is 18.0. The number of halogens is 2. The van der Waals surface area contributed by atoms with E-state index in [4.69, 9.17) is 28.2 Å². The van der Waals surface area contributed by atoms with Gasteiger partial charge in [-0.25, -0.2) is 4.98 Å². The minimum absolute atomic E-state index is 0.0400. The third-order valence-electron chi connectivity index (χ3n) is 4.98. The van der Waals surface area contributed by atoms with Crippen molar-refractivity contribution in [2.75, 3.05) is 0 Å². The molecular formula is C24H21Cl2N3O. The van der Waals surface area contributed by atoms with Crippen LogP contribution in [0.1, 0.15) is 29.9 Å². The van der Waals surface area contributed by atoms with E-state index in [0.29, 0.717) is 23.0 Å². The summed E-state index contributed by atoms with van der Waals surface area (Å²) in [5.74, 6) is 0.755. The first kappa shape index (κ1) is 20.5. The number of amides is 1. The van der Waals surface area contributed by atoms with Crippen LogP contribution in [0.25, 0.3) is 11.0 Å². The molecular weight excluding hydrogens is 417 g/mol. The second-order valence-corrected chi connectivity index (χ2v) is 8.06. The Morgan fingerprint density at radius 2 is 1.70 bits per heavy atom. The fourth-order valence-corrected chi connectivity index (χ4v) is 3.87. The third-order valence-corrected chi connectivity index (χ3v) is 5.72. The van der Waals surface area contributed by atoms with Gasteiger partial charge in [0.15, 0.2) is 0 Å². The first-order valence-corrected chi connectivity index (χ1v) is 10.5. The summed E-state index contributed by atoms with van der Waals surface area (Å²) in [7, 11) is 0. The molecule has 0 aliphatic rings. The van der Waals surface area contributed by atoms with Crippen molar-refractivity contribution in [3.8, 4) is 0 Å². The van der Waals surface area contributed by atoms with Crippen molar-refractivity contribution in [2.24, 2.45) is 0 Å². The molecule has 1 amide bonds. The molecule has 152 valence electrons. The van der Waals surface area contributed by atoms with Crippen LogP contribution in [0, 0.1) is 0 Å². The van der Waals surface area contributed by atoms with Gasteiger partial charge in [-0.05, 0) is 42.3 Å². The van der Waals surface area contributed by atoms with E-state index >= 15 is 0 Å². The molecule has 0 spiro atoms. The Morgan fingerprint density at radius 3 is 2.47 bits per heavy atom. The van der Waals surface area contributed by atoms with Crippen LogP contribution in [0.2, 0.25) is 10.0 Å². The highest BCUT2D eigenvalue weighted by molar-refractivity contribution is 6.42. The van der Waals surface area contributed by atoms with Crippen molar-refractivity contribution < 1.29 is 4.79 Å². The third kappa shape index (κ3) is 4.50. The first-order valence-electron chi connectivity index (χ1n) is 9.73. The Balaban J connectivity index is 1.61. The molecule has 4 nitrogen and oxygen atoms in total. The van der Waals surface area contributed by atoms with Gasteiger partial charge < -0.3 is 9.88 Å². The van der Waals surface area contributed by atoms with Crippen molar-refractivity contribution in [3.05, 3.63) is 99.8 Å². The molecule has 0 saturated heterocycles. The van der Waals surface area contributed by atoms with Crippen LogP contribution >= 0.6 is 23.2 Å². The van der Waals surface area contributed by atoms with Crippen LogP contribution in [0.5, 0.6) is 0 Å². The summed E-state index contributed by atoms with van der Waals surface area (Å²) in [5, 5.41) is 4.13. The van der Waals surface area contributed by atoms with Gasteiger partial charge in [-0.15, -0.1) is 0 Å². The van der Waals surface area contributed by atoms with Crippen molar-refractivity contribution in [1.29, 1.82) is 0 Å². The van der Waals surface area contributed by atoms with Gasteiger partial charge in [0.2, 0.25) is 5.91 Å². The average molecular weight is 438 g/mol. The highest BCUT2D eigenvalue weighted by atomic mass is 35.5. The van der Waals surface area contributed by atoms with E-state index in [1.54, 1.807) is 6.07 Å². The lowest BCUT2D eigenvalue weighted by atomic mass is 10.1. The van der Waals surface area contributed by atoms with Gasteiger partial charge in [0, 0.05) is 6.54 Å². The highest BCUT2D eigenvalue weighted by Gasteiger charge is 2.19. The maximum absolute atomic E-state index is 12.6. The number of imidazole rings is 1. The molecule has 0 fully saturated rings. The van der Waals surface area contributed by atoms with Gasteiger partial charge in [-0.2, -0.15) is 0 Å². The molecule has 1 atom stereocenters. The Labute approximate surface area is 185 Å². The molecule has 1 aromatic heterocycles. The van der Waals surface area contributed by atoms with Gasteiger partial charge in [-0.1, -0.05) is 71.7 Å². The Hall–Kier alpha value is -2.82. The van der Waals surface area contributed by atoms with Crippen LogP contribution in [0.15, 0.2) is 72.8 Å². The van der Waals surface area contributed by atoms with Crippen LogP contribution in [0.3, 0.4) is 0 Å². The summed E-state index contributed by atoms with van der Waals surface area (Å²) < 4.78 is 2.11. The van der Waals surface area contributed by atoms with E-state index < -0.39 is 0 Å². The molecule has 1 heterocycles. The summed E-state index contributed by atoms with van der Waals surface area (Å²) >= 11 is 12.3. The van der Waals surface area contributed by atoms with E-state index in [1.165, 1.54) is 0 Å². The van der Waals surface area contributed by atoms with Crippen LogP contribution < -0.4 is 5.32 Å². The second-order valence-electron chi connectivity index (χ2n) is 7.24. The predicted octanol–water partition coefficient (Wildman–Crippen LogP) is 5.81. The van der Waals surface area contributed by atoms with Crippen molar-refractivity contribution in [1.82, 2.24) is 14.9 Å². The number of hydrogen-bond acceptors (Lipinski definition) is 2. The topological polar surface area (TPSA) is 46.9 Å². The number of para-hydroxylation sites is 2. The summed E-state index contributed by atoms with van der Waals surface area (Å²) in [6.45, 7) is 2.53. The van der Waals surface area contributed by atoms with E-state index in [1.807, 2.05) is 73.7 Å². The van der Waals surface area contributed by atoms with Crippen molar-refractivity contribution in [3.63, 3.8) is 0 Å². The fourth-order valence-electron chi connectivity index (χ4n) is 3.55. The number of fused-ring (bicyclic) bond motifs is 1. The second kappa shape index (κ2) is 8.90. The molecule has 0 radical (unpaired) electrons. The Kier molecular flexibility index (Phi) is 6.07. The number of carbonyl (C=O) groups is 1. The maximum atomic E-state index is 12.6. The molecule has 0 aliphatic heterocycles.